The monoisotopic (exact) mass is 348 g/mol. The second-order valence-corrected chi connectivity index (χ2v) is 8.03. The summed E-state index contributed by atoms with van der Waals surface area (Å²) in [6.45, 7) is 8.64. The lowest BCUT2D eigenvalue weighted by Crippen LogP contribution is -2.52. The fourth-order valence-corrected chi connectivity index (χ4v) is 3.09. The molecule has 0 aliphatic heterocycles. The summed E-state index contributed by atoms with van der Waals surface area (Å²) in [5.74, 6) is 0.256. The van der Waals surface area contributed by atoms with E-state index in [1.54, 1.807) is 0 Å². The van der Waals surface area contributed by atoms with E-state index in [0.717, 1.165) is 25.8 Å². The Balaban J connectivity index is 1.89. The smallest absolute Gasteiger partial charge is 0.408 e. The number of hydrogen-bond acceptors (Lipinski definition) is 4. The quantitative estimate of drug-likeness (QED) is 0.675. The molecule has 1 amide bonds. The first-order valence-corrected chi connectivity index (χ1v) is 9.16. The standard InChI is InChI=1S/C20H32N2O3/c1-15(20(11-12-20)22-18(24)25-19(2,3)4)21-14-17(10-13-23)16-8-6-5-7-9-16/h5-9,15,17,21,23H,10-14H2,1-4H3,(H,22,24). The molecule has 0 aromatic heterocycles. The van der Waals surface area contributed by atoms with Crippen molar-refractivity contribution in [3.05, 3.63) is 35.9 Å². The van der Waals surface area contributed by atoms with E-state index in [0.29, 0.717) is 0 Å². The van der Waals surface area contributed by atoms with Crippen molar-refractivity contribution < 1.29 is 14.6 Å². The Morgan fingerprint density at radius 1 is 1.28 bits per heavy atom. The molecule has 1 aliphatic carbocycles. The van der Waals surface area contributed by atoms with Gasteiger partial charge in [-0.15, -0.1) is 0 Å². The highest BCUT2D eigenvalue weighted by Crippen LogP contribution is 2.39. The topological polar surface area (TPSA) is 70.6 Å². The molecule has 25 heavy (non-hydrogen) atoms. The maximum absolute atomic E-state index is 12.1. The van der Waals surface area contributed by atoms with Crippen molar-refractivity contribution in [2.24, 2.45) is 0 Å². The van der Waals surface area contributed by atoms with Crippen LogP contribution in [0.4, 0.5) is 4.79 Å². The number of aliphatic hydroxyl groups is 1. The Morgan fingerprint density at radius 2 is 1.92 bits per heavy atom. The number of benzene rings is 1. The zero-order valence-corrected chi connectivity index (χ0v) is 15.8. The maximum atomic E-state index is 12.1. The number of aliphatic hydroxyl groups excluding tert-OH is 1. The summed E-state index contributed by atoms with van der Waals surface area (Å²) in [6, 6.07) is 10.4. The third-order valence-corrected chi connectivity index (χ3v) is 4.79. The van der Waals surface area contributed by atoms with Crippen molar-refractivity contribution in [2.75, 3.05) is 13.2 Å². The lowest BCUT2D eigenvalue weighted by molar-refractivity contribution is 0.0484. The molecule has 0 spiro atoms. The molecule has 0 saturated heterocycles. The molecule has 0 radical (unpaired) electrons. The lowest BCUT2D eigenvalue weighted by Gasteiger charge is -2.29. The average Bonchev–Trinajstić information content (AvgIpc) is 3.30. The van der Waals surface area contributed by atoms with Gasteiger partial charge in [-0.1, -0.05) is 30.3 Å². The highest BCUT2D eigenvalue weighted by Gasteiger charge is 2.49. The van der Waals surface area contributed by atoms with Crippen LogP contribution in [0.1, 0.15) is 58.4 Å². The Labute approximate surface area is 151 Å². The van der Waals surface area contributed by atoms with Crippen LogP contribution in [0.2, 0.25) is 0 Å². The van der Waals surface area contributed by atoms with Gasteiger partial charge in [0, 0.05) is 19.2 Å². The molecule has 1 aliphatic rings. The van der Waals surface area contributed by atoms with Gasteiger partial charge in [0.1, 0.15) is 5.60 Å². The van der Waals surface area contributed by atoms with Crippen LogP contribution >= 0.6 is 0 Å². The Morgan fingerprint density at radius 3 is 2.44 bits per heavy atom. The Hall–Kier alpha value is -1.59. The first-order valence-electron chi connectivity index (χ1n) is 9.16. The summed E-state index contributed by atoms with van der Waals surface area (Å²) >= 11 is 0. The van der Waals surface area contributed by atoms with Crippen LogP contribution in [0.15, 0.2) is 30.3 Å². The predicted octanol–water partition coefficient (Wildman–Crippen LogP) is 3.19. The van der Waals surface area contributed by atoms with Gasteiger partial charge in [-0.25, -0.2) is 4.79 Å². The second kappa shape index (κ2) is 8.19. The number of carbonyl (C=O) groups excluding carboxylic acids is 1. The molecular weight excluding hydrogens is 316 g/mol. The predicted molar refractivity (Wildman–Crippen MR) is 99.7 cm³/mol. The molecule has 0 heterocycles. The van der Waals surface area contributed by atoms with Crippen LogP contribution in [0.3, 0.4) is 0 Å². The number of amides is 1. The third kappa shape index (κ3) is 6.01. The fourth-order valence-electron chi connectivity index (χ4n) is 3.09. The van der Waals surface area contributed by atoms with Gasteiger partial charge in [0.15, 0.2) is 0 Å². The zero-order chi connectivity index (χ0) is 18.5. The van der Waals surface area contributed by atoms with Gasteiger partial charge >= 0.3 is 6.09 Å². The molecule has 140 valence electrons. The summed E-state index contributed by atoms with van der Waals surface area (Å²) in [7, 11) is 0. The summed E-state index contributed by atoms with van der Waals surface area (Å²) in [5, 5.41) is 16.0. The van der Waals surface area contributed by atoms with E-state index in [9.17, 15) is 9.90 Å². The first-order chi connectivity index (χ1) is 11.8. The molecule has 1 saturated carbocycles. The average molecular weight is 348 g/mol. The van der Waals surface area contributed by atoms with E-state index in [2.05, 4.69) is 29.7 Å². The van der Waals surface area contributed by atoms with Crippen LogP contribution < -0.4 is 10.6 Å². The molecule has 2 unspecified atom stereocenters. The van der Waals surface area contributed by atoms with Gasteiger partial charge in [-0.2, -0.15) is 0 Å². The largest absolute Gasteiger partial charge is 0.444 e. The maximum Gasteiger partial charge on any atom is 0.408 e. The van der Waals surface area contributed by atoms with E-state index in [1.165, 1.54) is 5.56 Å². The van der Waals surface area contributed by atoms with E-state index in [1.807, 2.05) is 39.0 Å². The molecule has 0 bridgehead atoms. The summed E-state index contributed by atoms with van der Waals surface area (Å²) in [5.41, 5.74) is 0.514. The first kappa shape index (κ1) is 19.7. The minimum atomic E-state index is -0.490. The van der Waals surface area contributed by atoms with Gasteiger partial charge in [0.05, 0.1) is 5.54 Å². The number of rotatable bonds is 8. The SMILES string of the molecule is CC(NCC(CCO)c1ccccc1)C1(NC(=O)OC(C)(C)C)CC1. The van der Waals surface area contributed by atoms with Crippen molar-refractivity contribution in [3.63, 3.8) is 0 Å². The van der Waals surface area contributed by atoms with Crippen LogP contribution in [0.5, 0.6) is 0 Å². The van der Waals surface area contributed by atoms with E-state index in [-0.39, 0.29) is 30.2 Å². The van der Waals surface area contributed by atoms with Gasteiger partial charge < -0.3 is 20.5 Å². The Kier molecular flexibility index (Phi) is 6.47. The van der Waals surface area contributed by atoms with E-state index >= 15 is 0 Å². The molecule has 1 fully saturated rings. The van der Waals surface area contributed by atoms with E-state index in [4.69, 9.17) is 4.74 Å². The van der Waals surface area contributed by atoms with Gasteiger partial charge in [-0.05, 0) is 58.4 Å². The summed E-state index contributed by atoms with van der Waals surface area (Å²) < 4.78 is 5.39. The number of alkyl carbamates (subject to hydrolysis) is 1. The number of nitrogens with one attached hydrogen (secondary N) is 2. The highest BCUT2D eigenvalue weighted by atomic mass is 16.6. The van der Waals surface area contributed by atoms with Crippen molar-refractivity contribution >= 4 is 6.09 Å². The fraction of sp³-hybridized carbons (Fsp3) is 0.650. The molecule has 2 atom stereocenters. The van der Waals surface area contributed by atoms with Crippen molar-refractivity contribution in [1.29, 1.82) is 0 Å². The molecule has 1 aromatic carbocycles. The van der Waals surface area contributed by atoms with Crippen LogP contribution in [-0.2, 0) is 4.74 Å². The number of ether oxygens (including phenoxy) is 1. The molecular formula is C20H32N2O3. The molecule has 5 nitrogen and oxygen atoms in total. The molecule has 2 rings (SSSR count). The molecule has 5 heteroatoms. The highest BCUT2D eigenvalue weighted by molar-refractivity contribution is 5.69. The number of carbonyl (C=O) groups is 1. The van der Waals surface area contributed by atoms with Gasteiger partial charge in [0.2, 0.25) is 0 Å². The van der Waals surface area contributed by atoms with Crippen LogP contribution in [0.25, 0.3) is 0 Å². The van der Waals surface area contributed by atoms with Crippen LogP contribution in [0, 0.1) is 0 Å². The minimum Gasteiger partial charge on any atom is -0.444 e. The van der Waals surface area contributed by atoms with Gasteiger partial charge in [0.25, 0.3) is 0 Å². The summed E-state index contributed by atoms with van der Waals surface area (Å²) in [4.78, 5) is 12.1. The Bertz CT molecular complexity index is 550. The minimum absolute atomic E-state index is 0.143. The zero-order valence-electron chi connectivity index (χ0n) is 15.8. The summed E-state index contributed by atoms with van der Waals surface area (Å²) in [6.07, 6.45) is 2.27. The van der Waals surface area contributed by atoms with Crippen LogP contribution in [-0.4, -0.2) is 41.5 Å². The normalized spacial score (nSPS) is 18.3. The molecule has 3 N–H and O–H groups in total. The lowest BCUT2D eigenvalue weighted by atomic mass is 9.95. The van der Waals surface area contributed by atoms with Crippen molar-refractivity contribution in [3.8, 4) is 0 Å². The number of hydrogen-bond donors (Lipinski definition) is 3. The van der Waals surface area contributed by atoms with Crippen molar-refractivity contribution in [1.82, 2.24) is 10.6 Å². The molecule has 1 aromatic rings. The van der Waals surface area contributed by atoms with Crippen molar-refractivity contribution in [2.45, 2.75) is 70.1 Å². The van der Waals surface area contributed by atoms with Gasteiger partial charge in [-0.3, -0.25) is 0 Å². The van der Waals surface area contributed by atoms with E-state index < -0.39 is 5.60 Å². The third-order valence-electron chi connectivity index (χ3n) is 4.79. The second-order valence-electron chi connectivity index (χ2n) is 8.03.